The molecule has 21 heavy (non-hydrogen) atoms. The summed E-state index contributed by atoms with van der Waals surface area (Å²) in [5.41, 5.74) is 0.842. The van der Waals surface area contributed by atoms with Gasteiger partial charge in [0.1, 0.15) is 13.1 Å². The van der Waals surface area contributed by atoms with Crippen LogP contribution in [0.4, 0.5) is 0 Å². The van der Waals surface area contributed by atoms with Crippen LogP contribution in [0.25, 0.3) is 11.4 Å². The Morgan fingerprint density at radius 2 is 2.29 bits per heavy atom. The van der Waals surface area contributed by atoms with E-state index in [0.717, 1.165) is 5.56 Å². The Balaban J connectivity index is 2.02. The lowest BCUT2D eigenvalue weighted by Crippen LogP contribution is -2.38. The fraction of sp³-hybridized carbons (Fsp3) is 0.417. The van der Waals surface area contributed by atoms with Crippen molar-refractivity contribution in [2.45, 2.75) is 19.9 Å². The van der Waals surface area contributed by atoms with Crippen molar-refractivity contribution >= 4 is 23.2 Å². The van der Waals surface area contributed by atoms with Gasteiger partial charge in [0.25, 0.3) is 0 Å². The number of carbonyl (C=O) groups excluding carboxylic acids is 1. The highest BCUT2D eigenvalue weighted by molar-refractivity contribution is 7.08. The van der Waals surface area contributed by atoms with Crippen LogP contribution in [0.3, 0.4) is 0 Å². The second kappa shape index (κ2) is 6.93. The molecule has 0 saturated carbocycles. The van der Waals surface area contributed by atoms with Gasteiger partial charge in [0, 0.05) is 17.5 Å². The van der Waals surface area contributed by atoms with Crippen molar-refractivity contribution in [1.82, 2.24) is 25.1 Å². The number of carboxylic acid groups (broad SMARTS) is 1. The minimum atomic E-state index is -1.04. The lowest BCUT2D eigenvalue weighted by atomic mass is 10.3. The molecule has 0 bridgehead atoms. The second-order valence-electron chi connectivity index (χ2n) is 4.36. The Hall–Kier alpha value is -2.29. The maximum atomic E-state index is 12.1. The standard InChI is InChI=1S/C12H15N5O3S/c1-2-4-16(7-11(19)20)10(18)6-17-14-12(13-15-17)9-3-5-21-8-9/h3,5,8H,2,4,6-7H2,1H3,(H,19,20). The van der Waals surface area contributed by atoms with E-state index in [9.17, 15) is 9.59 Å². The molecule has 1 N–H and O–H groups in total. The maximum Gasteiger partial charge on any atom is 0.323 e. The van der Waals surface area contributed by atoms with E-state index in [-0.39, 0.29) is 19.0 Å². The third-order valence-corrected chi connectivity index (χ3v) is 3.36. The first-order valence-corrected chi connectivity index (χ1v) is 7.34. The summed E-state index contributed by atoms with van der Waals surface area (Å²) in [5.74, 6) is -0.930. The highest BCUT2D eigenvalue weighted by atomic mass is 32.1. The van der Waals surface area contributed by atoms with E-state index >= 15 is 0 Å². The molecule has 0 atom stereocenters. The topological polar surface area (TPSA) is 101 Å². The molecule has 2 rings (SSSR count). The van der Waals surface area contributed by atoms with Crippen LogP contribution in [0.15, 0.2) is 16.8 Å². The zero-order valence-corrected chi connectivity index (χ0v) is 12.3. The summed E-state index contributed by atoms with van der Waals surface area (Å²) in [6, 6.07) is 1.86. The van der Waals surface area contributed by atoms with Crippen molar-refractivity contribution < 1.29 is 14.7 Å². The van der Waals surface area contributed by atoms with Crippen molar-refractivity contribution in [1.29, 1.82) is 0 Å². The van der Waals surface area contributed by atoms with E-state index in [4.69, 9.17) is 5.11 Å². The van der Waals surface area contributed by atoms with Crippen LogP contribution in [0.5, 0.6) is 0 Å². The first-order valence-electron chi connectivity index (χ1n) is 6.40. The fourth-order valence-electron chi connectivity index (χ4n) is 1.76. The summed E-state index contributed by atoms with van der Waals surface area (Å²) >= 11 is 1.52. The summed E-state index contributed by atoms with van der Waals surface area (Å²) in [5, 5.41) is 24.4. The van der Waals surface area contributed by atoms with Crippen LogP contribution in [0, 0.1) is 0 Å². The highest BCUT2D eigenvalue weighted by Crippen LogP contribution is 2.16. The molecule has 2 heterocycles. The molecule has 0 aliphatic carbocycles. The molecule has 2 aromatic heterocycles. The molecule has 0 aliphatic rings. The molecule has 0 radical (unpaired) electrons. The number of thiophene rings is 1. The number of aromatic nitrogens is 4. The van der Waals surface area contributed by atoms with Gasteiger partial charge in [-0.15, -0.1) is 10.2 Å². The molecule has 1 amide bonds. The maximum absolute atomic E-state index is 12.1. The van der Waals surface area contributed by atoms with E-state index in [0.29, 0.717) is 18.8 Å². The van der Waals surface area contributed by atoms with E-state index in [1.807, 2.05) is 23.8 Å². The Morgan fingerprint density at radius 1 is 1.48 bits per heavy atom. The van der Waals surface area contributed by atoms with Crippen molar-refractivity contribution in [3.8, 4) is 11.4 Å². The Morgan fingerprint density at radius 3 is 2.90 bits per heavy atom. The van der Waals surface area contributed by atoms with Crippen LogP contribution < -0.4 is 0 Å². The molecule has 2 aromatic rings. The molecule has 8 nitrogen and oxygen atoms in total. The number of amides is 1. The molecule has 0 fully saturated rings. The largest absolute Gasteiger partial charge is 0.480 e. The third-order valence-electron chi connectivity index (χ3n) is 2.68. The average molecular weight is 309 g/mol. The molecule has 9 heteroatoms. The van der Waals surface area contributed by atoms with Gasteiger partial charge in [0.2, 0.25) is 11.7 Å². The van der Waals surface area contributed by atoms with Gasteiger partial charge in [0.15, 0.2) is 0 Å². The van der Waals surface area contributed by atoms with Crippen molar-refractivity contribution in [3.05, 3.63) is 16.8 Å². The first kappa shape index (κ1) is 15.1. The predicted molar refractivity (Wildman–Crippen MR) is 75.6 cm³/mol. The van der Waals surface area contributed by atoms with Crippen LogP contribution in [0.1, 0.15) is 13.3 Å². The van der Waals surface area contributed by atoms with Crippen molar-refractivity contribution in [3.63, 3.8) is 0 Å². The fourth-order valence-corrected chi connectivity index (χ4v) is 2.40. The lowest BCUT2D eigenvalue weighted by molar-refractivity contribution is -0.144. The van der Waals surface area contributed by atoms with E-state index in [1.165, 1.54) is 21.0 Å². The summed E-state index contributed by atoms with van der Waals surface area (Å²) < 4.78 is 0. The zero-order valence-electron chi connectivity index (χ0n) is 11.5. The Kier molecular flexibility index (Phi) is 4.99. The van der Waals surface area contributed by atoms with Gasteiger partial charge in [-0.25, -0.2) is 0 Å². The second-order valence-corrected chi connectivity index (χ2v) is 5.14. The molecular weight excluding hydrogens is 294 g/mol. The SMILES string of the molecule is CCCN(CC(=O)O)C(=O)Cn1nnc(-c2ccsc2)n1. The summed E-state index contributed by atoms with van der Waals surface area (Å²) in [6.45, 7) is 1.82. The Bertz CT molecular complexity index is 610. The van der Waals surface area contributed by atoms with Gasteiger partial charge >= 0.3 is 5.97 Å². The molecule has 0 saturated heterocycles. The van der Waals surface area contributed by atoms with Crippen molar-refractivity contribution in [2.75, 3.05) is 13.1 Å². The van der Waals surface area contributed by atoms with Gasteiger partial charge in [-0.05, 0) is 23.1 Å². The van der Waals surface area contributed by atoms with Crippen LogP contribution >= 0.6 is 11.3 Å². The number of carbonyl (C=O) groups is 2. The van der Waals surface area contributed by atoms with Gasteiger partial charge in [0.05, 0.1) is 0 Å². The third kappa shape index (κ3) is 4.09. The van der Waals surface area contributed by atoms with E-state index in [2.05, 4.69) is 15.4 Å². The molecule has 0 spiro atoms. The molecule has 0 aromatic carbocycles. The van der Waals surface area contributed by atoms with Crippen LogP contribution in [-0.4, -0.2) is 55.2 Å². The predicted octanol–water partition coefficient (Wildman–Crippen LogP) is 0.725. The number of tetrazole rings is 1. The molecule has 112 valence electrons. The quantitative estimate of drug-likeness (QED) is 0.809. The van der Waals surface area contributed by atoms with Crippen LogP contribution in [0.2, 0.25) is 0 Å². The number of hydrogen-bond acceptors (Lipinski definition) is 6. The highest BCUT2D eigenvalue weighted by Gasteiger charge is 2.18. The van der Waals surface area contributed by atoms with Gasteiger partial charge in [-0.1, -0.05) is 6.92 Å². The zero-order chi connectivity index (χ0) is 15.2. The Labute approximate surface area is 125 Å². The van der Waals surface area contributed by atoms with E-state index < -0.39 is 5.97 Å². The minimum absolute atomic E-state index is 0.121. The van der Waals surface area contributed by atoms with Crippen LogP contribution in [-0.2, 0) is 16.1 Å². The van der Waals surface area contributed by atoms with Crippen molar-refractivity contribution in [2.24, 2.45) is 0 Å². The number of hydrogen-bond donors (Lipinski definition) is 1. The monoisotopic (exact) mass is 309 g/mol. The number of rotatable bonds is 7. The smallest absolute Gasteiger partial charge is 0.323 e. The molecular formula is C12H15N5O3S. The number of aliphatic carboxylic acids is 1. The number of carboxylic acids is 1. The summed E-state index contributed by atoms with van der Waals surface area (Å²) in [6.07, 6.45) is 0.684. The van der Waals surface area contributed by atoms with Gasteiger partial charge in [-0.2, -0.15) is 16.1 Å². The molecule has 0 aliphatic heterocycles. The summed E-state index contributed by atoms with van der Waals surface area (Å²) in [7, 11) is 0. The number of nitrogens with zero attached hydrogens (tertiary/aromatic N) is 5. The van der Waals surface area contributed by atoms with E-state index in [1.54, 1.807) is 0 Å². The lowest BCUT2D eigenvalue weighted by Gasteiger charge is -2.19. The van der Waals surface area contributed by atoms with Gasteiger partial charge < -0.3 is 10.0 Å². The molecule has 0 unspecified atom stereocenters. The summed E-state index contributed by atoms with van der Waals surface area (Å²) in [4.78, 5) is 25.3. The minimum Gasteiger partial charge on any atom is -0.480 e. The normalized spacial score (nSPS) is 10.5. The van der Waals surface area contributed by atoms with Gasteiger partial charge in [-0.3, -0.25) is 9.59 Å². The first-order chi connectivity index (χ1) is 10.1. The average Bonchev–Trinajstić information content (AvgIpc) is 3.07.